The molecule has 0 aliphatic carbocycles. The lowest BCUT2D eigenvalue weighted by molar-refractivity contribution is 0.418. The van der Waals surface area contributed by atoms with E-state index in [0.717, 1.165) is 0 Å². The van der Waals surface area contributed by atoms with Gasteiger partial charge in [0.2, 0.25) is 0 Å². The Morgan fingerprint density at radius 3 is 2.75 bits per heavy atom. The molecule has 0 bridgehead atoms. The molecule has 0 aromatic heterocycles. The summed E-state index contributed by atoms with van der Waals surface area (Å²) in [7, 11) is 0. The average molecular weight is 120 g/mol. The third-order valence-corrected chi connectivity index (χ3v) is 0.431. The van der Waals surface area contributed by atoms with E-state index in [2.05, 4.69) is 0 Å². The molecule has 0 unspecified atom stereocenters. The van der Waals surface area contributed by atoms with Crippen molar-refractivity contribution < 1.29 is 13.6 Å². The maximum absolute atomic E-state index is 11.0. The molecule has 0 aliphatic heterocycles. The molecule has 0 heterocycles. The van der Waals surface area contributed by atoms with Crippen LogP contribution < -0.4 is 5.32 Å². The number of hydrogen-bond donors (Lipinski definition) is 1. The van der Waals surface area contributed by atoms with E-state index in [1.165, 1.54) is 6.41 Å². The SMILES string of the molecule is O=[C]NCC=C(F)F. The van der Waals surface area contributed by atoms with Gasteiger partial charge in [-0.05, 0) is 0 Å². The average Bonchev–Trinajstić information content (AvgIpc) is 1.66. The van der Waals surface area contributed by atoms with Crippen LogP contribution in [0.4, 0.5) is 8.78 Å². The molecule has 0 aliphatic rings. The van der Waals surface area contributed by atoms with E-state index in [9.17, 15) is 13.6 Å². The predicted octanol–water partition coefficient (Wildman–Crippen LogP) is 0.424. The standard InChI is InChI=1S/C4H4F2NO/c5-4(6)1-2-7-3-8/h1H,2H2,(H,7,8). The van der Waals surface area contributed by atoms with Crippen molar-refractivity contribution in [3.8, 4) is 0 Å². The first-order valence-electron chi connectivity index (χ1n) is 1.88. The van der Waals surface area contributed by atoms with Crippen molar-refractivity contribution in [1.29, 1.82) is 0 Å². The van der Waals surface area contributed by atoms with Crippen molar-refractivity contribution >= 4 is 6.41 Å². The van der Waals surface area contributed by atoms with Crippen LogP contribution in [0, 0.1) is 0 Å². The van der Waals surface area contributed by atoms with Crippen LogP contribution in [0.5, 0.6) is 0 Å². The molecule has 0 rings (SSSR count). The zero-order valence-corrected chi connectivity index (χ0v) is 3.95. The summed E-state index contributed by atoms with van der Waals surface area (Å²) in [4.78, 5) is 9.28. The molecule has 0 saturated carbocycles. The number of hydrogen-bond acceptors (Lipinski definition) is 1. The highest BCUT2D eigenvalue weighted by molar-refractivity contribution is 5.47. The summed E-state index contributed by atoms with van der Waals surface area (Å²) in [6.45, 7) is -0.161. The van der Waals surface area contributed by atoms with E-state index in [4.69, 9.17) is 0 Å². The first kappa shape index (κ1) is 7.07. The molecule has 2 nitrogen and oxygen atoms in total. The van der Waals surface area contributed by atoms with E-state index < -0.39 is 6.08 Å². The first-order valence-corrected chi connectivity index (χ1v) is 1.88. The topological polar surface area (TPSA) is 29.1 Å². The molecule has 1 radical (unpaired) electrons. The third-order valence-electron chi connectivity index (χ3n) is 0.431. The first-order chi connectivity index (χ1) is 3.77. The second-order valence-corrected chi connectivity index (χ2v) is 0.977. The van der Waals surface area contributed by atoms with Crippen molar-refractivity contribution in [1.82, 2.24) is 5.32 Å². The molecule has 45 valence electrons. The lowest BCUT2D eigenvalue weighted by Gasteiger charge is -1.83. The summed E-state index contributed by atoms with van der Waals surface area (Å²) in [6.07, 6.45) is 0.0350. The largest absolute Gasteiger partial charge is 0.344 e. The Bertz CT molecular complexity index is 98.2. The van der Waals surface area contributed by atoms with Crippen molar-refractivity contribution in [2.24, 2.45) is 0 Å². The van der Waals surface area contributed by atoms with E-state index in [1.54, 1.807) is 0 Å². The highest BCUT2D eigenvalue weighted by Gasteiger charge is 1.83. The highest BCUT2D eigenvalue weighted by atomic mass is 19.3. The summed E-state index contributed by atoms with van der Waals surface area (Å²) < 4.78 is 22.1. The summed E-state index contributed by atoms with van der Waals surface area (Å²) in [5, 5.41) is 1.92. The molecule has 0 aromatic rings. The fourth-order valence-electron chi connectivity index (χ4n) is 0.170. The van der Waals surface area contributed by atoms with Crippen LogP contribution in [-0.4, -0.2) is 13.0 Å². The van der Waals surface area contributed by atoms with Gasteiger partial charge in [0.1, 0.15) is 0 Å². The van der Waals surface area contributed by atoms with Crippen molar-refractivity contribution in [2.45, 2.75) is 0 Å². The van der Waals surface area contributed by atoms with Crippen molar-refractivity contribution in [2.75, 3.05) is 6.54 Å². The summed E-state index contributed by atoms with van der Waals surface area (Å²) >= 11 is 0. The zero-order chi connectivity index (χ0) is 6.41. The molecule has 0 aromatic carbocycles. The number of amides is 1. The Kier molecular flexibility index (Phi) is 3.74. The Hall–Kier alpha value is -0.930. The normalized spacial score (nSPS) is 7.75. The minimum atomic E-state index is -1.80. The van der Waals surface area contributed by atoms with Crippen LogP contribution in [0.15, 0.2) is 12.2 Å². The second-order valence-electron chi connectivity index (χ2n) is 0.977. The molecule has 0 atom stereocenters. The highest BCUT2D eigenvalue weighted by Crippen LogP contribution is 1.92. The number of nitrogens with one attached hydrogen (secondary N) is 1. The van der Waals surface area contributed by atoms with Crippen LogP contribution in [0.1, 0.15) is 0 Å². The molecule has 4 heteroatoms. The number of carbonyl (C=O) groups excluding carboxylic acids is 1. The van der Waals surface area contributed by atoms with Crippen LogP contribution in [0.2, 0.25) is 0 Å². The molecule has 0 fully saturated rings. The van der Waals surface area contributed by atoms with E-state index in [1.807, 2.05) is 5.32 Å². The second kappa shape index (κ2) is 4.23. The van der Waals surface area contributed by atoms with Gasteiger partial charge in [-0.3, -0.25) is 4.79 Å². The Morgan fingerprint density at radius 2 is 2.38 bits per heavy atom. The zero-order valence-electron chi connectivity index (χ0n) is 3.95. The number of halogens is 2. The Balaban J connectivity index is 3.15. The van der Waals surface area contributed by atoms with Crippen LogP contribution in [-0.2, 0) is 4.79 Å². The Morgan fingerprint density at radius 1 is 1.75 bits per heavy atom. The lowest BCUT2D eigenvalue weighted by Crippen LogP contribution is -2.09. The monoisotopic (exact) mass is 120 g/mol. The summed E-state index contributed by atoms with van der Waals surface area (Å²) in [5.74, 6) is 0. The van der Waals surface area contributed by atoms with E-state index in [-0.39, 0.29) is 6.54 Å². The Labute approximate surface area is 45.2 Å². The van der Waals surface area contributed by atoms with Crippen molar-refractivity contribution in [3.63, 3.8) is 0 Å². The van der Waals surface area contributed by atoms with E-state index >= 15 is 0 Å². The quantitative estimate of drug-likeness (QED) is 0.424. The van der Waals surface area contributed by atoms with Gasteiger partial charge in [-0.15, -0.1) is 0 Å². The van der Waals surface area contributed by atoms with Gasteiger partial charge in [0.25, 0.3) is 6.08 Å². The fraction of sp³-hybridized carbons (Fsp3) is 0.250. The lowest BCUT2D eigenvalue weighted by atomic mass is 10.6. The molecule has 1 N–H and O–H groups in total. The van der Waals surface area contributed by atoms with Gasteiger partial charge in [0, 0.05) is 12.6 Å². The molecule has 8 heavy (non-hydrogen) atoms. The van der Waals surface area contributed by atoms with Gasteiger partial charge >= 0.3 is 6.41 Å². The summed E-state index contributed by atoms with van der Waals surface area (Å²) in [5.41, 5.74) is 0. The minimum Gasteiger partial charge on any atom is -0.344 e. The maximum atomic E-state index is 11.0. The van der Waals surface area contributed by atoms with Crippen LogP contribution in [0.3, 0.4) is 0 Å². The molecular weight excluding hydrogens is 116 g/mol. The van der Waals surface area contributed by atoms with Crippen LogP contribution in [0.25, 0.3) is 0 Å². The smallest absolute Gasteiger partial charge is 0.309 e. The predicted molar refractivity (Wildman–Crippen MR) is 24.0 cm³/mol. The third kappa shape index (κ3) is 5.07. The van der Waals surface area contributed by atoms with Gasteiger partial charge in [0.05, 0.1) is 0 Å². The molecule has 0 spiro atoms. The fourth-order valence-corrected chi connectivity index (χ4v) is 0.170. The molecule has 1 amide bonds. The number of rotatable bonds is 3. The summed E-state index contributed by atoms with van der Waals surface area (Å²) in [6, 6.07) is 0. The molecule has 0 saturated heterocycles. The minimum absolute atomic E-state index is 0.161. The molecular formula is C4H4F2NO. The van der Waals surface area contributed by atoms with Gasteiger partial charge in [-0.1, -0.05) is 0 Å². The van der Waals surface area contributed by atoms with Crippen molar-refractivity contribution in [3.05, 3.63) is 12.2 Å². The van der Waals surface area contributed by atoms with Gasteiger partial charge in [-0.2, -0.15) is 8.78 Å². The van der Waals surface area contributed by atoms with Gasteiger partial charge in [-0.25, -0.2) is 0 Å². The van der Waals surface area contributed by atoms with Gasteiger partial charge < -0.3 is 5.32 Å². The maximum Gasteiger partial charge on any atom is 0.309 e. The van der Waals surface area contributed by atoms with Gasteiger partial charge in [0.15, 0.2) is 0 Å². The van der Waals surface area contributed by atoms with E-state index in [0.29, 0.717) is 6.08 Å². The van der Waals surface area contributed by atoms with Crippen LogP contribution >= 0.6 is 0 Å².